The zero-order chi connectivity index (χ0) is 19.7. The Morgan fingerprint density at radius 2 is 1.82 bits per heavy atom. The molecule has 0 atom stereocenters. The van der Waals surface area contributed by atoms with E-state index < -0.39 is 0 Å². The van der Waals surface area contributed by atoms with E-state index in [1.807, 2.05) is 49.0 Å². The van der Waals surface area contributed by atoms with Gasteiger partial charge in [-0.15, -0.1) is 0 Å². The normalized spacial score (nSPS) is 11.4. The van der Waals surface area contributed by atoms with Crippen molar-refractivity contribution < 1.29 is 0 Å². The highest BCUT2D eigenvalue weighted by Crippen LogP contribution is 2.22. The van der Waals surface area contributed by atoms with Crippen LogP contribution in [0.3, 0.4) is 0 Å². The van der Waals surface area contributed by atoms with Crippen LogP contribution in [0.4, 0.5) is 0 Å². The zero-order valence-corrected chi connectivity index (χ0v) is 16.6. The van der Waals surface area contributed by atoms with Gasteiger partial charge < -0.3 is 10.3 Å². The third-order valence-electron chi connectivity index (χ3n) is 5.54. The number of benzene rings is 2. The van der Waals surface area contributed by atoms with Crippen LogP contribution in [0.25, 0.3) is 16.6 Å². The fraction of sp³-hybridized carbons (Fsp3) is 0.261. The van der Waals surface area contributed by atoms with Gasteiger partial charge in [0.25, 0.3) is 5.56 Å². The van der Waals surface area contributed by atoms with Gasteiger partial charge in [-0.25, -0.2) is 4.68 Å². The Kier molecular flexibility index (Phi) is 4.92. The molecule has 0 bridgehead atoms. The van der Waals surface area contributed by atoms with Crippen LogP contribution in [0, 0.1) is 13.8 Å². The van der Waals surface area contributed by atoms with Crippen LogP contribution in [-0.4, -0.2) is 20.9 Å². The number of aryl methyl sites for hydroxylation is 1. The molecule has 5 nitrogen and oxygen atoms in total. The van der Waals surface area contributed by atoms with Crippen molar-refractivity contribution in [3.8, 4) is 5.69 Å². The SMILES string of the molecule is Cc1cccc2[nH]cc(CCNCc3c(C)n(C)n(-c4ccccc4)c3=O)c12. The van der Waals surface area contributed by atoms with E-state index in [2.05, 4.69) is 41.6 Å². The molecule has 0 saturated carbocycles. The minimum absolute atomic E-state index is 0.0432. The second kappa shape index (κ2) is 7.52. The van der Waals surface area contributed by atoms with E-state index in [9.17, 15) is 4.79 Å². The number of hydrogen-bond acceptors (Lipinski definition) is 2. The minimum Gasteiger partial charge on any atom is -0.361 e. The number of aromatic nitrogens is 3. The Morgan fingerprint density at radius 1 is 1.04 bits per heavy atom. The summed E-state index contributed by atoms with van der Waals surface area (Å²) in [5.41, 5.74) is 6.52. The highest BCUT2D eigenvalue weighted by Gasteiger charge is 2.15. The van der Waals surface area contributed by atoms with Crippen LogP contribution >= 0.6 is 0 Å². The van der Waals surface area contributed by atoms with Crippen LogP contribution in [-0.2, 0) is 20.0 Å². The Hall–Kier alpha value is -3.05. The first-order chi connectivity index (χ1) is 13.6. The summed E-state index contributed by atoms with van der Waals surface area (Å²) >= 11 is 0. The van der Waals surface area contributed by atoms with Gasteiger partial charge >= 0.3 is 0 Å². The van der Waals surface area contributed by atoms with Crippen LogP contribution in [0.15, 0.2) is 59.5 Å². The van der Waals surface area contributed by atoms with Crippen molar-refractivity contribution in [3.05, 3.63) is 87.5 Å². The summed E-state index contributed by atoms with van der Waals surface area (Å²) < 4.78 is 3.66. The summed E-state index contributed by atoms with van der Waals surface area (Å²) in [4.78, 5) is 16.3. The predicted octanol–water partition coefficient (Wildman–Crippen LogP) is 3.61. The molecule has 0 unspecified atom stereocenters. The fourth-order valence-corrected chi connectivity index (χ4v) is 3.91. The Balaban J connectivity index is 1.48. The van der Waals surface area contributed by atoms with Crippen molar-refractivity contribution in [1.82, 2.24) is 19.7 Å². The number of H-pyrrole nitrogens is 1. The molecule has 4 aromatic rings. The summed E-state index contributed by atoms with van der Waals surface area (Å²) in [7, 11) is 1.93. The van der Waals surface area contributed by atoms with E-state index in [1.165, 1.54) is 22.0 Å². The van der Waals surface area contributed by atoms with Gasteiger partial charge in [0.05, 0.1) is 11.3 Å². The Morgan fingerprint density at radius 3 is 2.61 bits per heavy atom. The Bertz CT molecular complexity index is 1160. The molecule has 0 saturated heterocycles. The van der Waals surface area contributed by atoms with E-state index in [-0.39, 0.29) is 5.56 Å². The van der Waals surface area contributed by atoms with E-state index in [1.54, 1.807) is 4.68 Å². The number of fused-ring (bicyclic) bond motifs is 1. The highest BCUT2D eigenvalue weighted by atomic mass is 16.1. The van der Waals surface area contributed by atoms with Gasteiger partial charge in [-0.05, 0) is 56.1 Å². The van der Waals surface area contributed by atoms with Crippen LogP contribution < -0.4 is 10.9 Å². The average Bonchev–Trinajstić information content (AvgIpc) is 3.21. The molecule has 4 rings (SSSR count). The summed E-state index contributed by atoms with van der Waals surface area (Å²) in [6, 6.07) is 16.1. The first-order valence-electron chi connectivity index (χ1n) is 9.67. The van der Waals surface area contributed by atoms with Gasteiger partial charge in [-0.1, -0.05) is 30.3 Å². The Labute approximate surface area is 164 Å². The van der Waals surface area contributed by atoms with Crippen LogP contribution in [0.5, 0.6) is 0 Å². The third kappa shape index (κ3) is 3.18. The molecule has 144 valence electrons. The number of rotatable bonds is 6. The number of nitrogens with zero attached hydrogens (tertiary/aromatic N) is 2. The number of para-hydroxylation sites is 1. The lowest BCUT2D eigenvalue weighted by Crippen LogP contribution is -2.24. The molecule has 0 aliphatic heterocycles. The molecular weight excluding hydrogens is 348 g/mol. The first kappa shape index (κ1) is 18.3. The lowest BCUT2D eigenvalue weighted by Gasteiger charge is -2.07. The highest BCUT2D eigenvalue weighted by molar-refractivity contribution is 5.86. The van der Waals surface area contributed by atoms with Gasteiger partial charge in [-0.2, -0.15) is 0 Å². The van der Waals surface area contributed by atoms with Crippen LogP contribution in [0.2, 0.25) is 0 Å². The number of hydrogen-bond donors (Lipinski definition) is 2. The summed E-state index contributed by atoms with van der Waals surface area (Å²) in [6.07, 6.45) is 3.01. The molecule has 2 N–H and O–H groups in total. The maximum absolute atomic E-state index is 13.0. The lowest BCUT2D eigenvalue weighted by molar-refractivity contribution is 0.629. The molecule has 2 aromatic carbocycles. The van der Waals surface area contributed by atoms with Gasteiger partial charge in [0.2, 0.25) is 0 Å². The first-order valence-corrected chi connectivity index (χ1v) is 9.67. The molecule has 5 heteroatoms. The molecular formula is C23H26N4O. The maximum Gasteiger partial charge on any atom is 0.276 e. The molecule has 0 radical (unpaired) electrons. The largest absolute Gasteiger partial charge is 0.361 e. The van der Waals surface area contributed by atoms with Gasteiger partial charge in [0, 0.05) is 36.4 Å². The molecule has 2 heterocycles. The van der Waals surface area contributed by atoms with Crippen molar-refractivity contribution in [2.45, 2.75) is 26.8 Å². The van der Waals surface area contributed by atoms with Crippen LogP contribution in [0.1, 0.15) is 22.4 Å². The van der Waals surface area contributed by atoms with E-state index in [4.69, 9.17) is 0 Å². The molecule has 2 aromatic heterocycles. The molecule has 0 aliphatic rings. The molecule has 0 spiro atoms. The summed E-state index contributed by atoms with van der Waals surface area (Å²) in [5.74, 6) is 0. The average molecular weight is 374 g/mol. The fourth-order valence-electron chi connectivity index (χ4n) is 3.91. The van der Waals surface area contributed by atoms with E-state index in [0.29, 0.717) is 6.54 Å². The van der Waals surface area contributed by atoms with Crippen molar-refractivity contribution in [2.75, 3.05) is 6.54 Å². The van der Waals surface area contributed by atoms with Gasteiger partial charge in [-0.3, -0.25) is 9.48 Å². The molecule has 0 amide bonds. The molecule has 0 aliphatic carbocycles. The van der Waals surface area contributed by atoms with Gasteiger partial charge in [0.15, 0.2) is 0 Å². The molecule has 28 heavy (non-hydrogen) atoms. The van der Waals surface area contributed by atoms with Gasteiger partial charge in [0.1, 0.15) is 0 Å². The predicted molar refractivity (Wildman–Crippen MR) is 114 cm³/mol. The smallest absolute Gasteiger partial charge is 0.276 e. The monoisotopic (exact) mass is 374 g/mol. The second-order valence-corrected chi connectivity index (χ2v) is 7.28. The van der Waals surface area contributed by atoms with Crippen molar-refractivity contribution in [1.29, 1.82) is 0 Å². The standard InChI is InChI=1S/C23H26N4O/c1-16-8-7-11-21-22(16)18(14-25-21)12-13-24-15-20-17(2)26(3)27(23(20)28)19-9-5-4-6-10-19/h4-11,14,24-25H,12-13,15H2,1-3H3. The third-order valence-corrected chi connectivity index (χ3v) is 5.54. The van der Waals surface area contributed by atoms with E-state index in [0.717, 1.165) is 29.9 Å². The molecule has 0 fully saturated rings. The van der Waals surface area contributed by atoms with Crippen molar-refractivity contribution in [2.24, 2.45) is 7.05 Å². The number of aromatic amines is 1. The zero-order valence-electron chi connectivity index (χ0n) is 16.6. The summed E-state index contributed by atoms with van der Waals surface area (Å²) in [5, 5.41) is 4.77. The van der Waals surface area contributed by atoms with Crippen molar-refractivity contribution in [3.63, 3.8) is 0 Å². The second-order valence-electron chi connectivity index (χ2n) is 7.28. The topological polar surface area (TPSA) is 54.8 Å². The summed E-state index contributed by atoms with van der Waals surface area (Å²) in [6.45, 7) is 5.54. The lowest BCUT2D eigenvalue weighted by atomic mass is 10.1. The quantitative estimate of drug-likeness (QED) is 0.507. The maximum atomic E-state index is 13.0. The van der Waals surface area contributed by atoms with Crippen molar-refractivity contribution >= 4 is 10.9 Å². The number of nitrogens with one attached hydrogen (secondary N) is 2. The minimum atomic E-state index is 0.0432. The van der Waals surface area contributed by atoms with E-state index >= 15 is 0 Å².